The third kappa shape index (κ3) is 5.67. The Labute approximate surface area is 405 Å². The Kier molecular flexibility index (Phi) is 6.31. The van der Waals surface area contributed by atoms with Crippen LogP contribution in [0.25, 0.3) is 72.3 Å². The van der Waals surface area contributed by atoms with Crippen molar-refractivity contribution >= 4 is 32.8 Å². The lowest BCUT2D eigenvalue weighted by atomic mass is 9.32. The van der Waals surface area contributed by atoms with E-state index in [1.54, 1.807) is 22.8 Å². The first kappa shape index (κ1) is 29.4. The third-order valence-corrected chi connectivity index (χ3v) is 16.9. The van der Waals surface area contributed by atoms with E-state index in [4.69, 9.17) is 23.4 Å². The first-order valence-corrected chi connectivity index (χ1v) is 23.8. The molecule has 10 aromatic rings. The van der Waals surface area contributed by atoms with E-state index >= 15 is 0 Å². The van der Waals surface area contributed by atoms with Crippen LogP contribution in [0.3, 0.4) is 0 Å². The molecule has 7 aliphatic carbocycles. The fourth-order valence-corrected chi connectivity index (χ4v) is 14.6. The summed E-state index contributed by atoms with van der Waals surface area (Å²) in [7, 11) is 0. The standard InChI is InChI=1S/C62H50N4O/c1-3-13-40(14-4-1)46-20-12-21-47(41-15-5-2-6-16-41)61(46)65-38-64(57-23-9-10-24-58(57)65)43-17-11-18-44(33-43)67-45-25-26-49-48-19-7-8-22-56(48)66(59(49)34-45)60-32-42(27-28-63-60)62-35-53-50-29-39-30-51(53)55(37-62)52(31-39)54(50)36-62/h1-28,32-34,39,50-55H,29-31,35-37H2/i1D,2D,3D,4D,5D,6D,13D,14D,15D,16D. The maximum absolute atomic E-state index is 9.06. The summed E-state index contributed by atoms with van der Waals surface area (Å²) in [5.74, 6) is 8.52. The summed E-state index contributed by atoms with van der Waals surface area (Å²) in [6.07, 6.45) is 13.9. The van der Waals surface area contributed by atoms with Crippen molar-refractivity contribution in [1.29, 1.82) is 0 Å². The number of hydrogen-bond donors (Lipinski definition) is 0. The minimum Gasteiger partial charge on any atom is -0.458 e. The van der Waals surface area contributed by atoms with E-state index in [0.29, 0.717) is 28.2 Å². The molecule has 17 rings (SSSR count). The summed E-state index contributed by atoms with van der Waals surface area (Å²) in [5.41, 5.74) is 5.95. The minimum atomic E-state index is -0.557. The van der Waals surface area contributed by atoms with Crippen molar-refractivity contribution in [2.45, 2.75) is 43.9 Å². The third-order valence-electron chi connectivity index (χ3n) is 16.9. The van der Waals surface area contributed by atoms with Gasteiger partial charge in [0, 0.05) is 23.0 Å². The molecular formula is C62H50N4O. The summed E-state index contributed by atoms with van der Waals surface area (Å²) in [5, 5.41) is 2.23. The highest BCUT2D eigenvalue weighted by Crippen LogP contribution is 2.74. The predicted molar refractivity (Wildman–Crippen MR) is 267 cm³/mol. The number of pyridine rings is 1. The Morgan fingerprint density at radius 2 is 1.21 bits per heavy atom. The Hall–Kier alpha value is -7.24. The fraction of sp³-hybridized carbons (Fsp3) is 0.226. The van der Waals surface area contributed by atoms with Gasteiger partial charge in [-0.05, 0) is 162 Å². The zero-order valence-corrected chi connectivity index (χ0v) is 36.6. The minimum absolute atomic E-state index is 0.117. The molecule has 0 radical (unpaired) electrons. The SMILES string of the molecule is [2H]c1c([2H])c([2H])c(-c2cccc(-c3c([2H])c([2H])c([2H])c([2H])c3[2H])c2-[n+]2[c-]n(-c3cccc(Oc4ccc5c6ccccc6n(-c6cc(C78CC9C%10CC%11CC9C(C7)C(C%11)C%10C8)ccn6)c5c4)c3)c3ccccc32)c([2H])c1[2H]. The van der Waals surface area contributed by atoms with Crippen LogP contribution in [-0.2, 0) is 5.41 Å². The molecule has 7 saturated carbocycles. The van der Waals surface area contributed by atoms with Gasteiger partial charge in [-0.15, -0.1) is 0 Å². The van der Waals surface area contributed by atoms with E-state index in [-0.39, 0.29) is 33.4 Å². The number of ether oxygens (including phenoxy) is 1. The molecule has 0 aliphatic heterocycles. The van der Waals surface area contributed by atoms with Gasteiger partial charge < -0.3 is 4.74 Å². The fourth-order valence-electron chi connectivity index (χ4n) is 14.6. The summed E-state index contributed by atoms with van der Waals surface area (Å²) in [6, 6.07) is 34.2. The van der Waals surface area contributed by atoms with Crippen LogP contribution < -0.4 is 9.30 Å². The zero-order chi connectivity index (χ0) is 52.5. The van der Waals surface area contributed by atoms with E-state index in [2.05, 4.69) is 59.4 Å². The van der Waals surface area contributed by atoms with Gasteiger partial charge in [-0.25, -0.2) is 4.98 Å². The number of para-hydroxylation sites is 4. The van der Waals surface area contributed by atoms with Crippen LogP contribution in [0.5, 0.6) is 11.5 Å². The van der Waals surface area contributed by atoms with Crippen molar-refractivity contribution in [1.82, 2.24) is 14.1 Å². The number of fused-ring (bicyclic) bond motifs is 4. The molecule has 7 fully saturated rings. The highest BCUT2D eigenvalue weighted by atomic mass is 16.5. The Balaban J connectivity index is 0.836. The van der Waals surface area contributed by atoms with E-state index in [1.165, 1.54) is 44.1 Å². The van der Waals surface area contributed by atoms with Crippen molar-refractivity contribution in [2.24, 2.45) is 41.4 Å². The van der Waals surface area contributed by atoms with Crippen LogP contribution >= 0.6 is 0 Å². The van der Waals surface area contributed by atoms with Gasteiger partial charge in [0.2, 0.25) is 0 Å². The van der Waals surface area contributed by atoms with Crippen molar-refractivity contribution in [3.63, 3.8) is 0 Å². The highest BCUT2D eigenvalue weighted by molar-refractivity contribution is 6.09. The van der Waals surface area contributed by atoms with E-state index in [0.717, 1.165) is 69.0 Å². The molecule has 0 unspecified atom stereocenters. The smallest absolute Gasteiger partial charge is 0.269 e. The van der Waals surface area contributed by atoms with Gasteiger partial charge in [-0.1, -0.05) is 127 Å². The molecule has 0 N–H and O–H groups in total. The second-order valence-corrected chi connectivity index (χ2v) is 19.9. The Morgan fingerprint density at radius 1 is 0.582 bits per heavy atom. The molecule has 0 spiro atoms. The van der Waals surface area contributed by atoms with Crippen molar-refractivity contribution in [3.05, 3.63) is 200 Å². The van der Waals surface area contributed by atoms with E-state index in [9.17, 15) is 0 Å². The molecule has 67 heavy (non-hydrogen) atoms. The summed E-state index contributed by atoms with van der Waals surface area (Å²) in [6.45, 7) is 0. The van der Waals surface area contributed by atoms with Gasteiger partial charge in [-0.3, -0.25) is 13.7 Å². The Morgan fingerprint density at radius 3 is 1.93 bits per heavy atom. The average Bonchev–Trinajstić information content (AvgIpc) is 4.17. The molecule has 5 nitrogen and oxygen atoms in total. The Bertz CT molecular complexity index is 4000. The largest absolute Gasteiger partial charge is 0.458 e. The molecule has 5 heteroatoms. The molecule has 7 aromatic carbocycles. The quantitative estimate of drug-likeness (QED) is 0.113. The van der Waals surface area contributed by atoms with Crippen molar-refractivity contribution < 1.29 is 23.0 Å². The highest BCUT2D eigenvalue weighted by Gasteiger charge is 2.67. The van der Waals surface area contributed by atoms with Gasteiger partial charge in [0.15, 0.2) is 0 Å². The number of aromatic nitrogens is 4. The number of benzene rings is 7. The molecule has 0 amide bonds. The molecule has 7 aliphatic rings. The van der Waals surface area contributed by atoms with Crippen LogP contribution in [0.1, 0.15) is 57.8 Å². The zero-order valence-electron chi connectivity index (χ0n) is 46.6. The maximum atomic E-state index is 9.06. The first-order chi connectivity index (χ1) is 37.3. The molecule has 0 saturated heterocycles. The van der Waals surface area contributed by atoms with Crippen molar-refractivity contribution in [3.8, 4) is 50.9 Å². The second-order valence-electron chi connectivity index (χ2n) is 19.9. The van der Waals surface area contributed by atoms with Crippen LogP contribution in [0.4, 0.5) is 0 Å². The lowest BCUT2D eigenvalue weighted by molar-refractivity contribution is -0.571. The van der Waals surface area contributed by atoms with E-state index < -0.39 is 60.4 Å². The van der Waals surface area contributed by atoms with Gasteiger partial charge in [0.1, 0.15) is 17.3 Å². The van der Waals surface area contributed by atoms with Crippen LogP contribution in [-0.4, -0.2) is 14.1 Å². The molecule has 3 aromatic heterocycles. The van der Waals surface area contributed by atoms with Gasteiger partial charge in [0.05, 0.1) is 47.1 Å². The summed E-state index contributed by atoms with van der Waals surface area (Å²) >= 11 is 0. The number of nitrogens with zero attached hydrogens (tertiary/aromatic N) is 4. The van der Waals surface area contributed by atoms with Gasteiger partial charge in [0.25, 0.3) is 6.33 Å². The van der Waals surface area contributed by atoms with Crippen LogP contribution in [0, 0.1) is 47.8 Å². The van der Waals surface area contributed by atoms with Crippen molar-refractivity contribution in [2.75, 3.05) is 0 Å². The number of rotatable bonds is 8. The topological polar surface area (TPSA) is 35.9 Å². The molecular weight excluding hydrogens is 817 g/mol. The van der Waals surface area contributed by atoms with Crippen LogP contribution in [0.15, 0.2) is 188 Å². The van der Waals surface area contributed by atoms with E-state index in [1.807, 2.05) is 65.4 Å². The first-order valence-electron chi connectivity index (χ1n) is 28.8. The molecule has 0 atom stereocenters. The average molecular weight is 877 g/mol. The normalized spacial score (nSPS) is 27.6. The summed E-state index contributed by atoms with van der Waals surface area (Å²) < 4.78 is 100. The second kappa shape index (κ2) is 14.4. The molecule has 3 heterocycles. The lowest BCUT2D eigenvalue weighted by Gasteiger charge is -2.72. The van der Waals surface area contributed by atoms with Gasteiger partial charge >= 0.3 is 0 Å². The van der Waals surface area contributed by atoms with Crippen LogP contribution in [0.2, 0.25) is 0 Å². The molecule has 324 valence electrons. The number of hydrogen-bond acceptors (Lipinski definition) is 2. The van der Waals surface area contributed by atoms with Gasteiger partial charge in [-0.2, -0.15) is 0 Å². The lowest BCUT2D eigenvalue weighted by Crippen LogP contribution is -2.66. The summed E-state index contributed by atoms with van der Waals surface area (Å²) in [4.78, 5) is 5.11. The monoisotopic (exact) mass is 876 g/mol. The number of imidazole rings is 1. The maximum Gasteiger partial charge on any atom is 0.269 e. The predicted octanol–water partition coefficient (Wildman–Crippen LogP) is 14.3. The molecule has 8 bridgehead atoms.